The fourth-order valence-electron chi connectivity index (χ4n) is 6.54. The van der Waals surface area contributed by atoms with E-state index >= 15 is 0 Å². The van der Waals surface area contributed by atoms with Gasteiger partial charge in [-0.15, -0.1) is 0 Å². The Morgan fingerprint density at radius 1 is 1.02 bits per heavy atom. The molecule has 1 aliphatic carbocycles. The average Bonchev–Trinajstić information content (AvgIpc) is 3.67. The number of nitrogens with two attached hydrogens (primary N) is 1. The molecule has 46 heavy (non-hydrogen) atoms. The van der Waals surface area contributed by atoms with Crippen molar-refractivity contribution in [3.63, 3.8) is 0 Å². The number of carbonyl (C=O) groups is 5. The first kappa shape index (κ1) is 34.7. The number of nitrogens with zero attached hydrogens (tertiary/aromatic N) is 1. The number of primary amides is 1. The molecule has 1 saturated carbocycles. The molecule has 252 valence electrons. The summed E-state index contributed by atoms with van der Waals surface area (Å²) < 4.78 is 5.30. The van der Waals surface area contributed by atoms with Crippen LogP contribution in [-0.4, -0.2) is 98.3 Å². The summed E-state index contributed by atoms with van der Waals surface area (Å²) >= 11 is 0. The molecule has 1 aromatic heterocycles. The van der Waals surface area contributed by atoms with Crippen LogP contribution in [0.1, 0.15) is 59.4 Å². The molecule has 5 amide bonds. The van der Waals surface area contributed by atoms with E-state index in [4.69, 9.17) is 10.5 Å². The van der Waals surface area contributed by atoms with Gasteiger partial charge in [-0.05, 0) is 70.9 Å². The molecule has 0 unspecified atom stereocenters. The van der Waals surface area contributed by atoms with Gasteiger partial charge in [-0.1, -0.05) is 24.6 Å². The predicted molar refractivity (Wildman–Crippen MR) is 168 cm³/mol. The third-order valence-electron chi connectivity index (χ3n) is 8.68. The molecule has 4 rings (SSSR count). The Morgan fingerprint density at radius 3 is 2.33 bits per heavy atom. The van der Waals surface area contributed by atoms with Crippen molar-refractivity contribution in [3.8, 4) is 0 Å². The smallest absolute Gasteiger partial charge is 0.408 e. The lowest BCUT2D eigenvalue weighted by Gasteiger charge is -2.33. The van der Waals surface area contributed by atoms with Crippen LogP contribution in [0.15, 0.2) is 30.5 Å². The van der Waals surface area contributed by atoms with Crippen molar-refractivity contribution in [1.82, 2.24) is 25.8 Å². The summed E-state index contributed by atoms with van der Waals surface area (Å²) in [6.45, 7) is 7.93. The topological polar surface area (TPSA) is 216 Å². The molecule has 14 heteroatoms. The van der Waals surface area contributed by atoms with E-state index in [2.05, 4.69) is 20.9 Å². The van der Waals surface area contributed by atoms with Gasteiger partial charge in [0.15, 0.2) is 0 Å². The van der Waals surface area contributed by atoms with E-state index in [1.54, 1.807) is 27.0 Å². The highest BCUT2D eigenvalue weighted by Crippen LogP contribution is 2.42. The van der Waals surface area contributed by atoms with Gasteiger partial charge < -0.3 is 46.5 Å². The fraction of sp³-hybridized carbons (Fsp3) is 0.594. The van der Waals surface area contributed by atoms with Crippen molar-refractivity contribution < 1.29 is 38.9 Å². The van der Waals surface area contributed by atoms with Crippen molar-refractivity contribution in [2.45, 2.75) is 102 Å². The van der Waals surface area contributed by atoms with Gasteiger partial charge in [0.1, 0.15) is 29.8 Å². The van der Waals surface area contributed by atoms with Gasteiger partial charge in [0.2, 0.25) is 23.6 Å². The first-order valence-electron chi connectivity index (χ1n) is 15.7. The number of ether oxygens (including phenoxy) is 1. The molecule has 2 aliphatic rings. The van der Waals surface area contributed by atoms with Gasteiger partial charge in [0.25, 0.3) is 0 Å². The summed E-state index contributed by atoms with van der Waals surface area (Å²) in [5, 5.41) is 29.1. The molecular weight excluding hydrogens is 596 g/mol. The van der Waals surface area contributed by atoms with Gasteiger partial charge >= 0.3 is 6.09 Å². The molecule has 0 bridgehead atoms. The third kappa shape index (κ3) is 7.97. The van der Waals surface area contributed by atoms with Crippen LogP contribution in [0, 0.1) is 11.8 Å². The lowest BCUT2D eigenvalue weighted by atomic mass is 9.93. The highest BCUT2D eigenvalue weighted by molar-refractivity contribution is 5.96. The monoisotopic (exact) mass is 642 g/mol. The number of aliphatic hydroxyl groups excluding tert-OH is 2. The van der Waals surface area contributed by atoms with Crippen molar-refractivity contribution in [2.24, 2.45) is 17.6 Å². The molecule has 2 heterocycles. The summed E-state index contributed by atoms with van der Waals surface area (Å²) in [5.41, 5.74) is 6.12. The number of alkyl carbamates (subject to hydrolysis) is 1. The Bertz CT molecular complexity index is 1450. The van der Waals surface area contributed by atoms with Crippen LogP contribution in [0.25, 0.3) is 10.9 Å². The van der Waals surface area contributed by atoms with Gasteiger partial charge in [0, 0.05) is 30.1 Å². The second kappa shape index (κ2) is 14.1. The van der Waals surface area contributed by atoms with Crippen LogP contribution >= 0.6 is 0 Å². The second-order valence-corrected chi connectivity index (χ2v) is 13.4. The number of hydrogen-bond acceptors (Lipinski definition) is 8. The Morgan fingerprint density at radius 2 is 1.70 bits per heavy atom. The number of fused-ring (bicyclic) bond motifs is 2. The standard InChI is InChI=1S/C32H46N6O8/c1-16(39)24(27(33)41)36-28(42)23(13-19-14-34-22-12-7-6-10-20(19)22)35-29(43)26-21-11-8-9-18(21)15-38(26)30(44)25(17(2)40)37-31(45)46-32(3,4)5/h6-7,10,12,14,16-18,21,23-26,34,39-40H,8-9,11,13,15H2,1-5H3,(H2,33,41)(H,35,43)(H,36,42)(H,37,45)/t16-,17-,18+,21+,23+,24+,25+,26+/m1/s1. The highest BCUT2D eigenvalue weighted by Gasteiger charge is 2.51. The maximum absolute atomic E-state index is 14.2. The van der Waals surface area contributed by atoms with Crippen molar-refractivity contribution in [3.05, 3.63) is 36.0 Å². The normalized spacial score (nSPS) is 22.7. The Labute approximate surface area is 267 Å². The molecule has 0 spiro atoms. The molecule has 8 N–H and O–H groups in total. The van der Waals surface area contributed by atoms with E-state index in [1.165, 1.54) is 18.7 Å². The quantitative estimate of drug-likeness (QED) is 0.182. The number of H-pyrrole nitrogens is 1. The van der Waals surface area contributed by atoms with Crippen molar-refractivity contribution >= 4 is 40.6 Å². The molecule has 1 saturated heterocycles. The number of aliphatic hydroxyl groups is 2. The number of carbonyl (C=O) groups excluding carboxylic acids is 5. The zero-order valence-electron chi connectivity index (χ0n) is 26.9. The minimum atomic E-state index is -1.40. The summed E-state index contributed by atoms with van der Waals surface area (Å²) in [5.74, 6) is -3.09. The number of nitrogens with one attached hydrogen (secondary N) is 4. The number of para-hydroxylation sites is 1. The molecular formula is C32H46N6O8. The molecule has 1 aliphatic heterocycles. The Kier molecular flexibility index (Phi) is 10.6. The maximum Gasteiger partial charge on any atom is 0.408 e. The number of benzene rings is 1. The molecule has 8 atom stereocenters. The van der Waals surface area contributed by atoms with E-state index in [0.717, 1.165) is 29.3 Å². The average molecular weight is 643 g/mol. The molecule has 1 aromatic carbocycles. The van der Waals surface area contributed by atoms with Crippen LogP contribution in [0.3, 0.4) is 0 Å². The Hall–Kier alpha value is -4.17. The number of likely N-dealkylation sites (tertiary alicyclic amines) is 1. The first-order chi connectivity index (χ1) is 21.6. The van der Waals surface area contributed by atoms with Crippen LogP contribution in [0.4, 0.5) is 4.79 Å². The van der Waals surface area contributed by atoms with Crippen LogP contribution in [0.5, 0.6) is 0 Å². The number of amides is 5. The fourth-order valence-corrected chi connectivity index (χ4v) is 6.54. The van der Waals surface area contributed by atoms with E-state index in [1.807, 2.05) is 24.3 Å². The minimum absolute atomic E-state index is 0.0197. The number of aromatic nitrogens is 1. The molecule has 0 radical (unpaired) electrons. The van der Waals surface area contributed by atoms with Crippen molar-refractivity contribution in [1.29, 1.82) is 0 Å². The SMILES string of the molecule is C[C@@H](O)[C@H](NC(=O)[C@H](Cc1c[nH]c2ccccc12)NC(=O)[C@@H]1[C@H]2CCC[C@H]2CN1C(=O)[C@@H](NC(=O)OC(C)(C)C)[C@@H](C)O)C(N)=O. The summed E-state index contributed by atoms with van der Waals surface area (Å²) in [7, 11) is 0. The summed E-state index contributed by atoms with van der Waals surface area (Å²) in [4.78, 5) is 70.8. The largest absolute Gasteiger partial charge is 0.444 e. The maximum atomic E-state index is 14.2. The van der Waals surface area contributed by atoms with E-state index in [0.29, 0.717) is 6.42 Å². The zero-order chi connectivity index (χ0) is 33.9. The van der Waals surface area contributed by atoms with Gasteiger partial charge in [-0.2, -0.15) is 0 Å². The van der Waals surface area contributed by atoms with Crippen LogP contribution in [-0.2, 0) is 30.3 Å². The second-order valence-electron chi connectivity index (χ2n) is 13.4. The Balaban J connectivity index is 1.62. The van der Waals surface area contributed by atoms with Gasteiger partial charge in [-0.25, -0.2) is 4.79 Å². The number of rotatable bonds is 11. The van der Waals surface area contributed by atoms with Gasteiger partial charge in [-0.3, -0.25) is 19.2 Å². The predicted octanol–water partition coefficient (Wildman–Crippen LogP) is 0.447. The third-order valence-corrected chi connectivity index (χ3v) is 8.68. The lowest BCUT2D eigenvalue weighted by molar-refractivity contribution is -0.143. The van der Waals surface area contributed by atoms with E-state index < -0.39 is 71.7 Å². The lowest BCUT2D eigenvalue weighted by Crippen LogP contribution is -2.61. The summed E-state index contributed by atoms with van der Waals surface area (Å²) in [6, 6.07) is 2.47. The first-order valence-corrected chi connectivity index (χ1v) is 15.7. The molecule has 2 fully saturated rings. The van der Waals surface area contributed by atoms with Crippen molar-refractivity contribution in [2.75, 3.05) is 6.54 Å². The van der Waals surface area contributed by atoms with Crippen LogP contribution in [0.2, 0.25) is 0 Å². The molecule has 2 aromatic rings. The zero-order valence-corrected chi connectivity index (χ0v) is 26.9. The van der Waals surface area contributed by atoms with E-state index in [-0.39, 0.29) is 24.8 Å². The highest BCUT2D eigenvalue weighted by atomic mass is 16.6. The van der Waals surface area contributed by atoms with Gasteiger partial charge in [0.05, 0.1) is 12.2 Å². The van der Waals surface area contributed by atoms with Crippen LogP contribution < -0.4 is 21.7 Å². The van der Waals surface area contributed by atoms with E-state index in [9.17, 15) is 34.2 Å². The number of hydrogen-bond donors (Lipinski definition) is 7. The minimum Gasteiger partial charge on any atom is -0.444 e. The summed E-state index contributed by atoms with van der Waals surface area (Å²) in [6.07, 6.45) is 0.624. The molecule has 14 nitrogen and oxygen atoms in total. The number of aromatic amines is 1.